The molecule has 140 valence electrons. The highest BCUT2D eigenvalue weighted by Gasteiger charge is 2.26. The first-order valence-corrected chi connectivity index (χ1v) is 9.82. The number of ether oxygens (including phenoxy) is 1. The van der Waals surface area contributed by atoms with Crippen LogP contribution in [0.2, 0.25) is 0 Å². The van der Waals surface area contributed by atoms with E-state index in [0.717, 1.165) is 5.56 Å². The standard InChI is InChI=1S/C21H20FNO3S/c1-16-5-3-4-6-21(16)27(24,25)23(19-11-9-18(22)10-12-19)15-17-7-13-20(26-2)14-8-17/h3-14H,15H2,1-2H3. The van der Waals surface area contributed by atoms with E-state index in [4.69, 9.17) is 4.74 Å². The van der Waals surface area contributed by atoms with Crippen LogP contribution in [0.5, 0.6) is 5.75 Å². The van der Waals surface area contributed by atoms with Crippen LogP contribution in [-0.4, -0.2) is 15.5 Å². The average Bonchev–Trinajstić information content (AvgIpc) is 2.67. The minimum Gasteiger partial charge on any atom is -0.497 e. The Morgan fingerprint density at radius 2 is 1.56 bits per heavy atom. The highest BCUT2D eigenvalue weighted by molar-refractivity contribution is 7.92. The summed E-state index contributed by atoms with van der Waals surface area (Å²) in [6.45, 7) is 1.87. The molecule has 0 aliphatic heterocycles. The van der Waals surface area contributed by atoms with Crippen molar-refractivity contribution in [1.82, 2.24) is 0 Å². The van der Waals surface area contributed by atoms with Crippen molar-refractivity contribution in [2.75, 3.05) is 11.4 Å². The smallest absolute Gasteiger partial charge is 0.264 e. The molecule has 0 radical (unpaired) electrons. The lowest BCUT2D eigenvalue weighted by Gasteiger charge is -2.25. The highest BCUT2D eigenvalue weighted by Crippen LogP contribution is 2.28. The maximum atomic E-state index is 13.4. The van der Waals surface area contributed by atoms with Gasteiger partial charge in [0.25, 0.3) is 10.0 Å². The number of rotatable bonds is 6. The van der Waals surface area contributed by atoms with Crippen LogP contribution in [0.1, 0.15) is 11.1 Å². The highest BCUT2D eigenvalue weighted by atomic mass is 32.2. The number of hydrogen-bond acceptors (Lipinski definition) is 3. The summed E-state index contributed by atoms with van der Waals surface area (Å²) in [7, 11) is -2.26. The van der Waals surface area contributed by atoms with Gasteiger partial charge in [-0.1, -0.05) is 30.3 Å². The molecule has 0 atom stereocenters. The molecule has 0 heterocycles. The van der Waals surface area contributed by atoms with Crippen molar-refractivity contribution in [3.8, 4) is 5.75 Å². The lowest BCUT2D eigenvalue weighted by atomic mass is 10.2. The predicted molar refractivity (Wildman–Crippen MR) is 104 cm³/mol. The summed E-state index contributed by atoms with van der Waals surface area (Å²) in [5, 5.41) is 0. The molecule has 4 nitrogen and oxygen atoms in total. The van der Waals surface area contributed by atoms with Crippen LogP contribution in [0.15, 0.2) is 77.7 Å². The zero-order chi connectivity index (χ0) is 19.4. The molecular weight excluding hydrogens is 365 g/mol. The molecule has 0 unspecified atom stereocenters. The third-order valence-electron chi connectivity index (χ3n) is 4.26. The summed E-state index contributed by atoms with van der Waals surface area (Å²) in [5.74, 6) is 0.269. The molecule has 0 aliphatic rings. The van der Waals surface area contributed by atoms with Gasteiger partial charge in [-0.3, -0.25) is 4.31 Å². The fraction of sp³-hybridized carbons (Fsp3) is 0.143. The van der Waals surface area contributed by atoms with E-state index in [2.05, 4.69) is 0 Å². The van der Waals surface area contributed by atoms with Crippen LogP contribution in [0.25, 0.3) is 0 Å². The van der Waals surface area contributed by atoms with Gasteiger partial charge in [-0.2, -0.15) is 0 Å². The van der Waals surface area contributed by atoms with E-state index in [1.165, 1.54) is 28.6 Å². The largest absolute Gasteiger partial charge is 0.497 e. The Hall–Kier alpha value is -2.86. The summed E-state index contributed by atoms with van der Waals surface area (Å²) in [6, 6.07) is 19.4. The van der Waals surface area contributed by atoms with Crippen LogP contribution < -0.4 is 9.04 Å². The van der Waals surface area contributed by atoms with Gasteiger partial charge in [0.1, 0.15) is 11.6 Å². The molecule has 3 aromatic rings. The predicted octanol–water partition coefficient (Wildman–Crippen LogP) is 4.54. The van der Waals surface area contributed by atoms with Gasteiger partial charge < -0.3 is 4.74 Å². The molecule has 0 spiro atoms. The van der Waals surface area contributed by atoms with Crippen molar-refractivity contribution in [2.45, 2.75) is 18.4 Å². The summed E-state index contributed by atoms with van der Waals surface area (Å²) < 4.78 is 46.5. The Bertz CT molecular complexity index is 1020. The van der Waals surface area contributed by atoms with Crippen LogP contribution in [-0.2, 0) is 16.6 Å². The summed E-state index contributed by atoms with van der Waals surface area (Å²) >= 11 is 0. The summed E-state index contributed by atoms with van der Waals surface area (Å²) in [6.07, 6.45) is 0. The third-order valence-corrected chi connectivity index (χ3v) is 6.20. The number of benzene rings is 3. The van der Waals surface area contributed by atoms with E-state index in [0.29, 0.717) is 17.0 Å². The molecule has 27 heavy (non-hydrogen) atoms. The van der Waals surface area contributed by atoms with Crippen molar-refractivity contribution in [2.24, 2.45) is 0 Å². The molecule has 0 saturated heterocycles. The Morgan fingerprint density at radius 3 is 2.15 bits per heavy atom. The molecule has 0 aromatic heterocycles. The molecule has 0 N–H and O–H groups in total. The van der Waals surface area contributed by atoms with Crippen LogP contribution in [0.4, 0.5) is 10.1 Å². The number of sulfonamides is 1. The van der Waals surface area contributed by atoms with Crippen LogP contribution in [0.3, 0.4) is 0 Å². The Labute approximate surface area is 158 Å². The summed E-state index contributed by atoms with van der Waals surface area (Å²) in [5.41, 5.74) is 1.84. The molecule has 0 fully saturated rings. The van der Waals surface area contributed by atoms with Crippen molar-refractivity contribution in [1.29, 1.82) is 0 Å². The van der Waals surface area contributed by atoms with Crippen LogP contribution in [0, 0.1) is 12.7 Å². The quantitative estimate of drug-likeness (QED) is 0.626. The van der Waals surface area contributed by atoms with Crippen molar-refractivity contribution in [3.05, 3.63) is 89.7 Å². The average molecular weight is 385 g/mol. The van der Waals surface area contributed by atoms with E-state index < -0.39 is 15.8 Å². The van der Waals surface area contributed by atoms with Crippen molar-refractivity contribution >= 4 is 15.7 Å². The maximum absolute atomic E-state index is 13.4. The lowest BCUT2D eigenvalue weighted by Crippen LogP contribution is -2.31. The van der Waals surface area contributed by atoms with E-state index in [-0.39, 0.29) is 11.4 Å². The Kier molecular flexibility index (Phi) is 5.46. The third kappa shape index (κ3) is 4.11. The summed E-state index contributed by atoms with van der Waals surface area (Å²) in [4.78, 5) is 0.225. The SMILES string of the molecule is COc1ccc(CN(c2ccc(F)cc2)S(=O)(=O)c2ccccc2C)cc1. The van der Waals surface area contributed by atoms with Gasteiger partial charge in [0.2, 0.25) is 0 Å². The second-order valence-corrected chi connectivity index (χ2v) is 7.93. The molecule has 0 aliphatic carbocycles. The van der Waals surface area contributed by atoms with Gasteiger partial charge >= 0.3 is 0 Å². The monoisotopic (exact) mass is 385 g/mol. The molecule has 3 rings (SSSR count). The topological polar surface area (TPSA) is 46.6 Å². The first-order chi connectivity index (χ1) is 12.9. The minimum absolute atomic E-state index is 0.117. The van der Waals surface area contributed by atoms with Crippen LogP contribution >= 0.6 is 0 Å². The van der Waals surface area contributed by atoms with Crippen molar-refractivity contribution in [3.63, 3.8) is 0 Å². The first kappa shape index (κ1) is 18.9. The molecular formula is C21H20FNO3S. The van der Waals surface area contributed by atoms with Gasteiger partial charge in [-0.25, -0.2) is 12.8 Å². The number of methoxy groups -OCH3 is 1. The molecule has 6 heteroatoms. The molecule has 0 bridgehead atoms. The number of nitrogens with zero attached hydrogens (tertiary/aromatic N) is 1. The van der Waals surface area contributed by atoms with E-state index in [1.54, 1.807) is 50.4 Å². The minimum atomic E-state index is -3.83. The second-order valence-electron chi connectivity index (χ2n) is 6.10. The zero-order valence-corrected chi connectivity index (χ0v) is 15.9. The van der Waals surface area contributed by atoms with Gasteiger partial charge in [-0.05, 0) is 60.5 Å². The Balaban J connectivity index is 2.06. The van der Waals surface area contributed by atoms with Gasteiger partial charge in [0.15, 0.2) is 0 Å². The number of anilines is 1. The second kappa shape index (κ2) is 7.80. The number of aryl methyl sites for hydroxylation is 1. The Morgan fingerprint density at radius 1 is 0.926 bits per heavy atom. The first-order valence-electron chi connectivity index (χ1n) is 8.38. The fourth-order valence-electron chi connectivity index (χ4n) is 2.78. The number of hydrogen-bond donors (Lipinski definition) is 0. The van der Waals surface area contributed by atoms with Gasteiger partial charge in [-0.15, -0.1) is 0 Å². The normalized spacial score (nSPS) is 11.2. The molecule has 0 saturated carbocycles. The van der Waals surface area contributed by atoms with Gasteiger partial charge in [0, 0.05) is 0 Å². The van der Waals surface area contributed by atoms with E-state index in [1.807, 2.05) is 12.1 Å². The lowest BCUT2D eigenvalue weighted by molar-refractivity contribution is 0.414. The fourth-order valence-corrected chi connectivity index (χ4v) is 4.46. The molecule has 3 aromatic carbocycles. The zero-order valence-electron chi connectivity index (χ0n) is 15.1. The van der Waals surface area contributed by atoms with E-state index in [9.17, 15) is 12.8 Å². The van der Waals surface area contributed by atoms with Crippen molar-refractivity contribution < 1.29 is 17.5 Å². The molecule has 0 amide bonds. The number of halogens is 1. The maximum Gasteiger partial charge on any atom is 0.264 e. The van der Waals surface area contributed by atoms with Gasteiger partial charge in [0.05, 0.1) is 24.2 Å². The van der Waals surface area contributed by atoms with E-state index >= 15 is 0 Å².